The van der Waals surface area contributed by atoms with Crippen molar-refractivity contribution in [2.24, 2.45) is 11.7 Å². The number of nitrogens with two attached hydrogens (primary N) is 1. The summed E-state index contributed by atoms with van der Waals surface area (Å²) in [6.07, 6.45) is 0.657. The van der Waals surface area contributed by atoms with Crippen LogP contribution in [0.5, 0.6) is 0 Å². The lowest BCUT2D eigenvalue weighted by Gasteiger charge is -2.27. The van der Waals surface area contributed by atoms with Crippen molar-refractivity contribution in [3.63, 3.8) is 0 Å². The topological polar surface area (TPSA) is 63.4 Å². The molecular weight excluding hydrogens is 291 g/mol. The predicted molar refractivity (Wildman–Crippen MR) is 82.2 cm³/mol. The normalized spacial score (nSPS) is 22.4. The minimum Gasteiger partial charge on any atom is -0.324 e. The van der Waals surface area contributed by atoms with E-state index in [0.717, 1.165) is 6.54 Å². The van der Waals surface area contributed by atoms with Gasteiger partial charge in [0.25, 0.3) is 0 Å². The van der Waals surface area contributed by atoms with E-state index in [4.69, 9.17) is 5.73 Å². The first-order chi connectivity index (χ1) is 9.89. The molecule has 1 aliphatic rings. The van der Waals surface area contributed by atoms with Crippen LogP contribution in [-0.4, -0.2) is 44.5 Å². The minimum absolute atomic E-state index is 0.0581. The largest absolute Gasteiger partial charge is 0.324 e. The van der Waals surface area contributed by atoms with Gasteiger partial charge in [0.1, 0.15) is 5.82 Å². The molecule has 2 atom stereocenters. The Balaban J connectivity index is 1.98. The second-order valence-electron chi connectivity index (χ2n) is 5.83. The Bertz CT molecular complexity index is 577. The van der Waals surface area contributed by atoms with Crippen LogP contribution in [0, 0.1) is 11.7 Å². The Morgan fingerprint density at radius 2 is 2.00 bits per heavy atom. The standard InChI is InChI=1S/C15H23FN2O2S/c1-12(15(17)13-5-2-3-6-14(13)16)11-18-7-4-9-21(19,20)10-8-18/h2-3,5-6,12,15H,4,7-11,17H2,1H3. The summed E-state index contributed by atoms with van der Waals surface area (Å²) in [6, 6.07) is 6.18. The molecule has 1 fully saturated rings. The minimum atomic E-state index is -2.90. The summed E-state index contributed by atoms with van der Waals surface area (Å²) in [5.74, 6) is 0.240. The summed E-state index contributed by atoms with van der Waals surface area (Å²) in [5.41, 5.74) is 6.68. The van der Waals surface area contributed by atoms with Gasteiger partial charge in [0.05, 0.1) is 11.5 Å². The van der Waals surface area contributed by atoms with Gasteiger partial charge in [0.15, 0.2) is 9.84 Å². The van der Waals surface area contributed by atoms with Crippen molar-refractivity contribution < 1.29 is 12.8 Å². The number of nitrogens with zero attached hydrogens (tertiary/aromatic N) is 1. The molecule has 21 heavy (non-hydrogen) atoms. The second-order valence-corrected chi connectivity index (χ2v) is 8.13. The van der Waals surface area contributed by atoms with Crippen molar-refractivity contribution in [3.8, 4) is 0 Å². The third-order valence-electron chi connectivity index (χ3n) is 4.07. The Labute approximate surface area is 126 Å². The fourth-order valence-electron chi connectivity index (χ4n) is 2.75. The van der Waals surface area contributed by atoms with Gasteiger partial charge < -0.3 is 10.6 Å². The van der Waals surface area contributed by atoms with Crippen molar-refractivity contribution in [1.82, 2.24) is 4.90 Å². The van der Waals surface area contributed by atoms with E-state index < -0.39 is 9.84 Å². The molecule has 1 aromatic rings. The van der Waals surface area contributed by atoms with Crippen molar-refractivity contribution in [3.05, 3.63) is 35.6 Å². The zero-order chi connectivity index (χ0) is 15.5. The van der Waals surface area contributed by atoms with Gasteiger partial charge in [0, 0.05) is 24.7 Å². The predicted octanol–water partition coefficient (Wildman–Crippen LogP) is 1.58. The van der Waals surface area contributed by atoms with Crippen molar-refractivity contribution in [2.75, 3.05) is 31.1 Å². The Hall–Kier alpha value is -0.980. The molecule has 0 spiro atoms. The maximum Gasteiger partial charge on any atom is 0.151 e. The van der Waals surface area contributed by atoms with Crippen LogP contribution >= 0.6 is 0 Å². The van der Waals surface area contributed by atoms with E-state index in [1.54, 1.807) is 18.2 Å². The third-order valence-corrected chi connectivity index (χ3v) is 5.79. The molecule has 2 unspecified atom stereocenters. The maximum absolute atomic E-state index is 13.8. The van der Waals surface area contributed by atoms with Crippen LogP contribution in [0.15, 0.2) is 24.3 Å². The van der Waals surface area contributed by atoms with Crippen molar-refractivity contribution in [2.45, 2.75) is 19.4 Å². The van der Waals surface area contributed by atoms with Crippen molar-refractivity contribution in [1.29, 1.82) is 0 Å². The summed E-state index contributed by atoms with van der Waals surface area (Å²) >= 11 is 0. The lowest BCUT2D eigenvalue weighted by Crippen LogP contribution is -2.35. The van der Waals surface area contributed by atoms with E-state index in [-0.39, 0.29) is 29.3 Å². The zero-order valence-electron chi connectivity index (χ0n) is 12.3. The number of rotatable bonds is 4. The molecule has 0 radical (unpaired) electrons. The van der Waals surface area contributed by atoms with Crippen LogP contribution in [0.4, 0.5) is 4.39 Å². The van der Waals surface area contributed by atoms with E-state index in [0.29, 0.717) is 25.1 Å². The Morgan fingerprint density at radius 3 is 2.71 bits per heavy atom. The molecule has 0 saturated carbocycles. The lowest BCUT2D eigenvalue weighted by atomic mass is 9.94. The van der Waals surface area contributed by atoms with Gasteiger partial charge in [-0.05, 0) is 24.9 Å². The summed E-state index contributed by atoms with van der Waals surface area (Å²) in [6.45, 7) is 3.96. The number of sulfone groups is 1. The molecule has 1 aromatic carbocycles. The summed E-state index contributed by atoms with van der Waals surface area (Å²) in [5, 5.41) is 0. The summed E-state index contributed by atoms with van der Waals surface area (Å²) < 4.78 is 37.0. The maximum atomic E-state index is 13.8. The first kappa shape index (κ1) is 16.4. The van der Waals surface area contributed by atoms with Crippen molar-refractivity contribution >= 4 is 9.84 Å². The van der Waals surface area contributed by atoms with E-state index >= 15 is 0 Å². The fraction of sp³-hybridized carbons (Fsp3) is 0.600. The van der Waals surface area contributed by atoms with E-state index in [1.807, 2.05) is 6.92 Å². The molecule has 1 saturated heterocycles. The molecule has 0 bridgehead atoms. The van der Waals surface area contributed by atoms with Gasteiger partial charge in [-0.25, -0.2) is 12.8 Å². The highest BCUT2D eigenvalue weighted by Crippen LogP contribution is 2.23. The van der Waals surface area contributed by atoms with Gasteiger partial charge in [-0.2, -0.15) is 0 Å². The van der Waals surface area contributed by atoms with Gasteiger partial charge in [-0.1, -0.05) is 25.1 Å². The number of benzene rings is 1. The quantitative estimate of drug-likeness (QED) is 0.916. The summed E-state index contributed by atoms with van der Waals surface area (Å²) in [4.78, 5) is 2.12. The van der Waals surface area contributed by atoms with Crippen LogP contribution in [0.25, 0.3) is 0 Å². The lowest BCUT2D eigenvalue weighted by molar-refractivity contribution is 0.235. The number of hydrogen-bond donors (Lipinski definition) is 1. The Morgan fingerprint density at radius 1 is 1.29 bits per heavy atom. The van der Waals surface area contributed by atoms with Crippen LogP contribution in [0.2, 0.25) is 0 Å². The molecule has 0 amide bonds. The van der Waals surface area contributed by atoms with Gasteiger partial charge >= 0.3 is 0 Å². The van der Waals surface area contributed by atoms with E-state index in [9.17, 15) is 12.8 Å². The fourth-order valence-corrected chi connectivity index (χ4v) is 4.05. The van der Waals surface area contributed by atoms with Crippen LogP contribution in [0.3, 0.4) is 0 Å². The number of hydrogen-bond acceptors (Lipinski definition) is 4. The van der Waals surface area contributed by atoms with Crippen LogP contribution < -0.4 is 5.73 Å². The average molecular weight is 314 g/mol. The first-order valence-corrected chi connectivity index (χ1v) is 9.14. The molecule has 118 valence electrons. The average Bonchev–Trinajstić information content (AvgIpc) is 2.60. The molecule has 4 nitrogen and oxygen atoms in total. The van der Waals surface area contributed by atoms with E-state index in [2.05, 4.69) is 4.90 Å². The highest BCUT2D eigenvalue weighted by Gasteiger charge is 2.24. The molecule has 6 heteroatoms. The molecule has 0 aliphatic carbocycles. The molecule has 1 aliphatic heterocycles. The Kier molecular flexibility index (Phi) is 5.35. The van der Waals surface area contributed by atoms with Gasteiger partial charge in [-0.15, -0.1) is 0 Å². The molecule has 0 aromatic heterocycles. The monoisotopic (exact) mass is 314 g/mol. The SMILES string of the molecule is CC(CN1CCCS(=O)(=O)CC1)C(N)c1ccccc1F. The van der Waals surface area contributed by atoms with Crippen LogP contribution in [-0.2, 0) is 9.84 Å². The third kappa shape index (κ3) is 4.49. The van der Waals surface area contributed by atoms with E-state index in [1.165, 1.54) is 6.07 Å². The summed E-state index contributed by atoms with van der Waals surface area (Å²) in [7, 11) is -2.90. The smallest absolute Gasteiger partial charge is 0.151 e. The number of halogens is 1. The molecule has 2 rings (SSSR count). The zero-order valence-corrected chi connectivity index (χ0v) is 13.2. The first-order valence-electron chi connectivity index (χ1n) is 7.32. The second kappa shape index (κ2) is 6.85. The van der Waals surface area contributed by atoms with Gasteiger partial charge in [0.2, 0.25) is 0 Å². The van der Waals surface area contributed by atoms with Gasteiger partial charge in [-0.3, -0.25) is 0 Å². The molecule has 1 heterocycles. The molecular formula is C15H23FN2O2S. The highest BCUT2D eigenvalue weighted by atomic mass is 32.2. The highest BCUT2D eigenvalue weighted by molar-refractivity contribution is 7.91. The van der Waals surface area contributed by atoms with Crippen LogP contribution in [0.1, 0.15) is 24.9 Å². The molecule has 2 N–H and O–H groups in total.